The number of benzene rings is 1. The summed E-state index contributed by atoms with van der Waals surface area (Å²) in [7, 11) is 0. The zero-order valence-electron chi connectivity index (χ0n) is 12.5. The highest BCUT2D eigenvalue weighted by Crippen LogP contribution is 2.12. The third-order valence-electron chi connectivity index (χ3n) is 3.35. The molecule has 3 N–H and O–H groups in total. The molecule has 1 rings (SSSR count). The molecule has 0 saturated heterocycles. The largest absolute Gasteiger partial charge is 0.353 e. The average Bonchev–Trinajstić information content (AvgIpc) is 2.38. The van der Waals surface area contributed by atoms with Crippen LogP contribution in [0.25, 0.3) is 0 Å². The molecule has 112 valence electrons. The molecule has 0 bridgehead atoms. The predicted octanol–water partition coefficient (Wildman–Crippen LogP) is 2.64. The molecule has 0 fully saturated rings. The molecule has 0 radical (unpaired) electrons. The predicted molar refractivity (Wildman–Crippen MR) is 79.8 cm³/mol. The first-order valence-corrected chi connectivity index (χ1v) is 7.18. The normalized spacial score (nSPS) is 14.1. The van der Waals surface area contributed by atoms with Gasteiger partial charge in [-0.2, -0.15) is 0 Å². The summed E-state index contributed by atoms with van der Waals surface area (Å²) in [5.41, 5.74) is 6.68. The van der Waals surface area contributed by atoms with Crippen molar-refractivity contribution in [1.29, 1.82) is 0 Å². The van der Waals surface area contributed by atoms with Crippen LogP contribution in [0.5, 0.6) is 0 Å². The average molecular weight is 280 g/mol. The van der Waals surface area contributed by atoms with Gasteiger partial charge in [-0.25, -0.2) is 4.39 Å². The van der Waals surface area contributed by atoms with Gasteiger partial charge in [0.05, 0.1) is 0 Å². The van der Waals surface area contributed by atoms with Crippen molar-refractivity contribution in [3.63, 3.8) is 0 Å². The van der Waals surface area contributed by atoms with E-state index < -0.39 is 0 Å². The first-order chi connectivity index (χ1) is 9.38. The lowest BCUT2D eigenvalue weighted by atomic mass is 9.96. The molecule has 0 aliphatic carbocycles. The van der Waals surface area contributed by atoms with Gasteiger partial charge in [-0.05, 0) is 43.4 Å². The number of nitrogens with one attached hydrogen (secondary N) is 1. The van der Waals surface area contributed by atoms with E-state index in [4.69, 9.17) is 5.73 Å². The molecule has 1 amide bonds. The molecule has 0 spiro atoms. The van der Waals surface area contributed by atoms with E-state index in [1.165, 1.54) is 12.1 Å². The van der Waals surface area contributed by atoms with Gasteiger partial charge in [0.1, 0.15) is 5.82 Å². The lowest BCUT2D eigenvalue weighted by Gasteiger charge is -2.23. The molecule has 1 aromatic rings. The highest BCUT2D eigenvalue weighted by Gasteiger charge is 2.17. The minimum atomic E-state index is -0.240. The molecule has 0 aliphatic rings. The topological polar surface area (TPSA) is 55.1 Å². The van der Waals surface area contributed by atoms with Crippen LogP contribution >= 0.6 is 0 Å². The Hall–Kier alpha value is -1.42. The fourth-order valence-electron chi connectivity index (χ4n) is 1.97. The standard InChI is InChI=1S/C16H25FN2O/c1-11(2)15(19-16(20)9-4-12(3)18)10-13-5-7-14(17)8-6-13/h5-8,11-12,15H,4,9-10,18H2,1-3H3,(H,19,20). The SMILES string of the molecule is CC(N)CCC(=O)NC(Cc1ccc(F)cc1)C(C)C. The molecule has 0 heterocycles. The van der Waals surface area contributed by atoms with E-state index in [9.17, 15) is 9.18 Å². The van der Waals surface area contributed by atoms with Gasteiger partial charge in [-0.15, -0.1) is 0 Å². The lowest BCUT2D eigenvalue weighted by molar-refractivity contribution is -0.122. The fraction of sp³-hybridized carbons (Fsp3) is 0.562. The number of amides is 1. The smallest absolute Gasteiger partial charge is 0.220 e. The van der Waals surface area contributed by atoms with Crippen molar-refractivity contribution in [2.75, 3.05) is 0 Å². The van der Waals surface area contributed by atoms with Crippen molar-refractivity contribution >= 4 is 5.91 Å². The molecule has 4 heteroatoms. The van der Waals surface area contributed by atoms with Crippen molar-refractivity contribution in [1.82, 2.24) is 5.32 Å². The van der Waals surface area contributed by atoms with E-state index in [1.807, 2.05) is 6.92 Å². The number of rotatable bonds is 7. The van der Waals surface area contributed by atoms with E-state index in [-0.39, 0.29) is 23.8 Å². The van der Waals surface area contributed by atoms with Crippen molar-refractivity contribution < 1.29 is 9.18 Å². The molecule has 0 aromatic heterocycles. The number of halogens is 1. The maximum atomic E-state index is 12.9. The first-order valence-electron chi connectivity index (χ1n) is 7.18. The van der Waals surface area contributed by atoms with Crippen molar-refractivity contribution in [2.45, 2.75) is 52.1 Å². The van der Waals surface area contributed by atoms with E-state index in [2.05, 4.69) is 19.2 Å². The number of carbonyl (C=O) groups excluding carboxylic acids is 1. The van der Waals surface area contributed by atoms with Crippen LogP contribution < -0.4 is 11.1 Å². The minimum Gasteiger partial charge on any atom is -0.353 e. The molecule has 1 aromatic carbocycles. The summed E-state index contributed by atoms with van der Waals surface area (Å²) in [6.45, 7) is 6.03. The second kappa shape index (κ2) is 8.00. The molecule has 2 atom stereocenters. The zero-order valence-corrected chi connectivity index (χ0v) is 12.5. The molecule has 20 heavy (non-hydrogen) atoms. The fourth-order valence-corrected chi connectivity index (χ4v) is 1.97. The van der Waals surface area contributed by atoms with E-state index in [0.717, 1.165) is 5.56 Å². The van der Waals surface area contributed by atoms with Crippen LogP contribution in [0.3, 0.4) is 0 Å². The first kappa shape index (κ1) is 16.6. The number of hydrogen-bond acceptors (Lipinski definition) is 2. The van der Waals surface area contributed by atoms with Gasteiger partial charge in [0.15, 0.2) is 0 Å². The Morgan fingerprint density at radius 3 is 2.35 bits per heavy atom. The number of hydrogen-bond donors (Lipinski definition) is 2. The summed E-state index contributed by atoms with van der Waals surface area (Å²) in [6, 6.07) is 6.52. The Bertz CT molecular complexity index is 415. The zero-order chi connectivity index (χ0) is 15.1. The van der Waals surface area contributed by atoms with Gasteiger partial charge in [-0.3, -0.25) is 4.79 Å². The van der Waals surface area contributed by atoms with Crippen LogP contribution in [0.1, 0.15) is 39.2 Å². The Labute approximate surface area is 120 Å². The molecule has 2 unspecified atom stereocenters. The number of carbonyl (C=O) groups is 1. The summed E-state index contributed by atoms with van der Waals surface area (Å²) in [6.07, 6.45) is 1.85. The van der Waals surface area contributed by atoms with Gasteiger partial charge >= 0.3 is 0 Å². The van der Waals surface area contributed by atoms with Crippen molar-refractivity contribution in [3.8, 4) is 0 Å². The Kier molecular flexibility index (Phi) is 6.65. The highest BCUT2D eigenvalue weighted by atomic mass is 19.1. The van der Waals surface area contributed by atoms with E-state index in [0.29, 0.717) is 25.2 Å². The van der Waals surface area contributed by atoms with Gasteiger partial charge in [-0.1, -0.05) is 26.0 Å². The molecule has 0 saturated carbocycles. The van der Waals surface area contributed by atoms with Crippen LogP contribution in [0.2, 0.25) is 0 Å². The second-order valence-electron chi connectivity index (χ2n) is 5.76. The Balaban J connectivity index is 2.56. The lowest BCUT2D eigenvalue weighted by Crippen LogP contribution is -2.40. The summed E-state index contributed by atoms with van der Waals surface area (Å²) in [5.74, 6) is 0.109. The van der Waals surface area contributed by atoms with E-state index >= 15 is 0 Å². The molecule has 3 nitrogen and oxygen atoms in total. The second-order valence-corrected chi connectivity index (χ2v) is 5.76. The van der Waals surface area contributed by atoms with E-state index in [1.54, 1.807) is 12.1 Å². The maximum absolute atomic E-state index is 12.9. The van der Waals surface area contributed by atoms with Crippen molar-refractivity contribution in [2.24, 2.45) is 11.7 Å². The summed E-state index contributed by atoms with van der Waals surface area (Å²) in [4.78, 5) is 11.9. The van der Waals surface area contributed by atoms with Gasteiger partial charge in [0, 0.05) is 18.5 Å². The Morgan fingerprint density at radius 2 is 1.85 bits per heavy atom. The monoisotopic (exact) mass is 280 g/mol. The number of nitrogens with two attached hydrogens (primary N) is 1. The van der Waals surface area contributed by atoms with Gasteiger partial charge in [0.25, 0.3) is 0 Å². The third-order valence-corrected chi connectivity index (χ3v) is 3.35. The molecule has 0 aliphatic heterocycles. The van der Waals surface area contributed by atoms with Gasteiger partial charge in [0.2, 0.25) is 5.91 Å². The van der Waals surface area contributed by atoms with Crippen LogP contribution in [0.15, 0.2) is 24.3 Å². The van der Waals surface area contributed by atoms with Crippen molar-refractivity contribution in [3.05, 3.63) is 35.6 Å². The molecular weight excluding hydrogens is 255 g/mol. The van der Waals surface area contributed by atoms with Crippen LogP contribution in [0.4, 0.5) is 4.39 Å². The summed E-state index contributed by atoms with van der Waals surface area (Å²) in [5, 5.41) is 3.05. The van der Waals surface area contributed by atoms with Crippen LogP contribution in [0, 0.1) is 11.7 Å². The minimum absolute atomic E-state index is 0.0307. The van der Waals surface area contributed by atoms with Crippen LogP contribution in [-0.4, -0.2) is 18.0 Å². The maximum Gasteiger partial charge on any atom is 0.220 e. The summed E-state index contributed by atoms with van der Waals surface area (Å²) < 4.78 is 12.9. The highest BCUT2D eigenvalue weighted by molar-refractivity contribution is 5.76. The quantitative estimate of drug-likeness (QED) is 0.806. The van der Waals surface area contributed by atoms with Crippen LogP contribution in [-0.2, 0) is 11.2 Å². The summed E-state index contributed by atoms with van der Waals surface area (Å²) >= 11 is 0. The molecular formula is C16H25FN2O. The Morgan fingerprint density at radius 1 is 1.25 bits per heavy atom. The van der Waals surface area contributed by atoms with Gasteiger partial charge < -0.3 is 11.1 Å². The third kappa shape index (κ3) is 6.15.